The molecule has 1 aromatic carbocycles. The number of nitrogens with one attached hydrogen (secondary N) is 2. The molecule has 0 bridgehead atoms. The summed E-state index contributed by atoms with van der Waals surface area (Å²) >= 11 is 6.01. The van der Waals surface area contributed by atoms with Gasteiger partial charge in [0, 0.05) is 24.2 Å². The van der Waals surface area contributed by atoms with Gasteiger partial charge in [0.15, 0.2) is 5.69 Å². The minimum Gasteiger partial charge on any atom is -0.351 e. The summed E-state index contributed by atoms with van der Waals surface area (Å²) in [5.74, 6) is -0.937. The molecule has 176 valence electrons. The molecule has 1 aliphatic carbocycles. The van der Waals surface area contributed by atoms with Crippen LogP contribution in [0.4, 0.5) is 0 Å². The fourth-order valence-corrected chi connectivity index (χ4v) is 4.96. The van der Waals surface area contributed by atoms with Crippen LogP contribution in [-0.2, 0) is 17.9 Å². The van der Waals surface area contributed by atoms with Crippen molar-refractivity contribution in [1.82, 2.24) is 25.1 Å². The molecule has 2 N–H and O–H groups in total. The first-order valence-corrected chi connectivity index (χ1v) is 11.9. The number of aromatic nitrogens is 2. The van der Waals surface area contributed by atoms with Crippen molar-refractivity contribution in [2.45, 2.75) is 70.6 Å². The zero-order chi connectivity index (χ0) is 23.6. The van der Waals surface area contributed by atoms with E-state index in [9.17, 15) is 14.4 Å². The summed E-state index contributed by atoms with van der Waals surface area (Å²) in [6.45, 7) is 4.70. The van der Waals surface area contributed by atoms with Crippen LogP contribution in [0.3, 0.4) is 0 Å². The van der Waals surface area contributed by atoms with Gasteiger partial charge in [0.05, 0.1) is 12.9 Å². The zero-order valence-electron chi connectivity index (χ0n) is 19.1. The fraction of sp³-hybridized carbons (Fsp3) is 0.500. The Labute approximate surface area is 198 Å². The molecule has 33 heavy (non-hydrogen) atoms. The molecule has 9 heteroatoms. The second-order valence-electron chi connectivity index (χ2n) is 9.07. The molecule has 1 aliphatic heterocycles. The summed E-state index contributed by atoms with van der Waals surface area (Å²) in [6.07, 6.45) is 6.33. The largest absolute Gasteiger partial charge is 0.351 e. The van der Waals surface area contributed by atoms with E-state index in [2.05, 4.69) is 15.6 Å². The van der Waals surface area contributed by atoms with Gasteiger partial charge in [0.25, 0.3) is 11.8 Å². The van der Waals surface area contributed by atoms with Gasteiger partial charge in [-0.05, 0) is 43.9 Å². The van der Waals surface area contributed by atoms with Crippen LogP contribution in [-0.4, -0.2) is 50.3 Å². The van der Waals surface area contributed by atoms with Crippen molar-refractivity contribution in [3.05, 3.63) is 52.6 Å². The summed E-state index contributed by atoms with van der Waals surface area (Å²) < 4.78 is 1.64. The molecule has 0 spiro atoms. The molecule has 0 radical (unpaired) electrons. The van der Waals surface area contributed by atoms with Gasteiger partial charge in [0.2, 0.25) is 5.91 Å². The maximum absolute atomic E-state index is 13.6. The predicted molar refractivity (Wildman–Crippen MR) is 125 cm³/mol. The molecule has 1 fully saturated rings. The van der Waals surface area contributed by atoms with E-state index in [4.69, 9.17) is 11.6 Å². The average molecular weight is 472 g/mol. The Morgan fingerprint density at radius 2 is 2.03 bits per heavy atom. The maximum atomic E-state index is 13.6. The van der Waals surface area contributed by atoms with Crippen LogP contribution in [0, 0.1) is 0 Å². The normalized spacial score (nSPS) is 20.6. The second-order valence-corrected chi connectivity index (χ2v) is 9.50. The maximum Gasteiger partial charge on any atom is 0.273 e. The van der Waals surface area contributed by atoms with Crippen LogP contribution in [0.5, 0.6) is 0 Å². The van der Waals surface area contributed by atoms with Crippen molar-refractivity contribution < 1.29 is 14.4 Å². The van der Waals surface area contributed by atoms with Gasteiger partial charge in [-0.15, -0.1) is 0 Å². The lowest BCUT2D eigenvalue weighted by molar-refractivity contribution is -0.133. The number of carbonyl (C=O) groups excluding carboxylic acids is 3. The smallest absolute Gasteiger partial charge is 0.273 e. The first-order valence-electron chi connectivity index (χ1n) is 11.5. The number of halogens is 1. The third-order valence-electron chi connectivity index (χ3n) is 6.54. The molecule has 2 aromatic rings. The number of hydrogen-bond donors (Lipinski definition) is 2. The van der Waals surface area contributed by atoms with Crippen LogP contribution in [0.15, 0.2) is 30.6 Å². The highest BCUT2D eigenvalue weighted by Crippen LogP contribution is 2.30. The van der Waals surface area contributed by atoms with Crippen molar-refractivity contribution in [3.8, 4) is 0 Å². The number of carbonyl (C=O) groups is 3. The zero-order valence-corrected chi connectivity index (χ0v) is 19.8. The number of nitrogens with zero attached hydrogens (tertiary/aromatic N) is 3. The van der Waals surface area contributed by atoms with E-state index in [-0.39, 0.29) is 42.3 Å². The van der Waals surface area contributed by atoms with E-state index in [1.54, 1.807) is 28.5 Å². The highest BCUT2D eigenvalue weighted by Gasteiger charge is 2.48. The monoisotopic (exact) mass is 471 g/mol. The van der Waals surface area contributed by atoms with E-state index < -0.39 is 11.4 Å². The predicted octanol–water partition coefficient (Wildman–Crippen LogP) is 3.15. The number of rotatable bonds is 7. The molecule has 1 atom stereocenters. The van der Waals surface area contributed by atoms with Gasteiger partial charge in [-0.1, -0.05) is 43.5 Å². The third kappa shape index (κ3) is 4.62. The molecule has 0 saturated heterocycles. The number of fused-ring (bicyclic) bond motifs is 1. The molecular weight excluding hydrogens is 442 g/mol. The number of hydrogen-bond acceptors (Lipinski definition) is 4. The molecule has 1 aromatic heterocycles. The summed E-state index contributed by atoms with van der Waals surface area (Å²) in [6, 6.07) is 7.36. The Hall–Kier alpha value is -2.87. The third-order valence-corrected chi connectivity index (χ3v) is 6.78. The van der Waals surface area contributed by atoms with Crippen molar-refractivity contribution in [1.29, 1.82) is 0 Å². The first-order chi connectivity index (χ1) is 15.8. The molecule has 2 aliphatic rings. The van der Waals surface area contributed by atoms with Crippen LogP contribution in [0.25, 0.3) is 0 Å². The second kappa shape index (κ2) is 9.55. The average Bonchev–Trinajstić information content (AvgIpc) is 3.45. The summed E-state index contributed by atoms with van der Waals surface area (Å²) in [4.78, 5) is 45.6. The van der Waals surface area contributed by atoms with Crippen molar-refractivity contribution in [2.24, 2.45) is 0 Å². The number of amides is 3. The quantitative estimate of drug-likeness (QED) is 0.648. The summed E-state index contributed by atoms with van der Waals surface area (Å²) in [5.41, 5.74) is 0.0938. The van der Waals surface area contributed by atoms with Gasteiger partial charge < -0.3 is 20.1 Å². The summed E-state index contributed by atoms with van der Waals surface area (Å²) in [5, 5.41) is 6.54. The van der Waals surface area contributed by atoms with Crippen molar-refractivity contribution in [3.63, 3.8) is 0 Å². The Bertz CT molecular complexity index is 1060. The SMILES string of the molecule is CCCN1C(=O)c2c(C(=O)NCc3cccc(Cl)c3)ncn2CC1(C)C(=O)NC1CCCC1. The van der Waals surface area contributed by atoms with Crippen LogP contribution < -0.4 is 10.6 Å². The highest BCUT2D eigenvalue weighted by molar-refractivity contribution is 6.30. The Morgan fingerprint density at radius 1 is 1.27 bits per heavy atom. The number of imidazole rings is 1. The molecule has 3 amide bonds. The fourth-order valence-electron chi connectivity index (χ4n) is 4.75. The van der Waals surface area contributed by atoms with E-state index in [1.807, 2.05) is 19.1 Å². The van der Waals surface area contributed by atoms with Crippen LogP contribution in [0.2, 0.25) is 5.02 Å². The molecule has 1 unspecified atom stereocenters. The molecular formula is C24H30ClN5O3. The van der Waals surface area contributed by atoms with Crippen molar-refractivity contribution >= 4 is 29.3 Å². The lowest BCUT2D eigenvalue weighted by Gasteiger charge is -2.44. The topological polar surface area (TPSA) is 96.3 Å². The van der Waals surface area contributed by atoms with E-state index in [0.717, 1.165) is 31.2 Å². The van der Waals surface area contributed by atoms with E-state index in [1.165, 1.54) is 6.33 Å². The molecule has 8 nitrogen and oxygen atoms in total. The van der Waals surface area contributed by atoms with Gasteiger partial charge in [-0.3, -0.25) is 14.4 Å². The van der Waals surface area contributed by atoms with Gasteiger partial charge in [0.1, 0.15) is 11.2 Å². The summed E-state index contributed by atoms with van der Waals surface area (Å²) in [7, 11) is 0. The highest BCUT2D eigenvalue weighted by atomic mass is 35.5. The Kier molecular flexibility index (Phi) is 6.74. The minimum absolute atomic E-state index is 0.0707. The molecule has 2 heterocycles. The Morgan fingerprint density at radius 3 is 2.73 bits per heavy atom. The van der Waals surface area contributed by atoms with Gasteiger partial charge in [-0.25, -0.2) is 4.98 Å². The lowest BCUT2D eigenvalue weighted by atomic mass is 9.93. The minimum atomic E-state index is -1.04. The van der Waals surface area contributed by atoms with Crippen molar-refractivity contribution in [2.75, 3.05) is 6.54 Å². The molecule has 4 rings (SSSR count). The Balaban J connectivity index is 1.56. The van der Waals surface area contributed by atoms with Crippen LogP contribution >= 0.6 is 11.6 Å². The first kappa shape index (κ1) is 23.3. The lowest BCUT2D eigenvalue weighted by Crippen LogP contribution is -2.65. The van der Waals surface area contributed by atoms with Gasteiger partial charge >= 0.3 is 0 Å². The standard InChI is InChI=1S/C24H30ClN5O3/c1-3-11-30-22(32)20-19(21(31)26-13-16-7-6-8-17(25)12-16)27-15-29(20)14-24(30,2)23(33)28-18-9-4-5-10-18/h6-8,12,15,18H,3-5,9-11,13-14H2,1-2H3,(H,26,31)(H,28,33). The number of benzene rings is 1. The van der Waals surface area contributed by atoms with E-state index >= 15 is 0 Å². The van der Waals surface area contributed by atoms with Crippen LogP contribution in [0.1, 0.15) is 72.5 Å². The van der Waals surface area contributed by atoms with E-state index in [0.29, 0.717) is 18.0 Å². The molecule has 1 saturated carbocycles. The van der Waals surface area contributed by atoms with Gasteiger partial charge in [-0.2, -0.15) is 0 Å².